The summed E-state index contributed by atoms with van der Waals surface area (Å²) in [6, 6.07) is 1.48. The molecule has 16 heavy (non-hydrogen) atoms. The zero-order chi connectivity index (χ0) is 12.3. The predicted molar refractivity (Wildman–Crippen MR) is 47.6 cm³/mol. The number of hydrogen-bond donors (Lipinski definition) is 1. The maximum absolute atomic E-state index is 13.3. The Bertz CT molecular complexity index is 403. The first-order valence-electron chi connectivity index (χ1n) is 4.05. The minimum absolute atomic E-state index is 0.0814. The molecule has 1 N–H and O–H groups in total. The number of nitrogens with one attached hydrogen (secondary N) is 1. The summed E-state index contributed by atoms with van der Waals surface area (Å²) in [5.41, 5.74) is -2.07. The Labute approximate surface area is 88.0 Å². The van der Waals surface area contributed by atoms with Crippen molar-refractivity contribution in [3.05, 3.63) is 23.5 Å². The van der Waals surface area contributed by atoms with Crippen LogP contribution in [0.2, 0.25) is 0 Å². The topological polar surface area (TPSA) is 38.3 Å². The molecule has 0 aromatic heterocycles. The van der Waals surface area contributed by atoms with Crippen molar-refractivity contribution >= 4 is 12.1 Å². The van der Waals surface area contributed by atoms with E-state index in [2.05, 4.69) is 4.74 Å². The Balaban J connectivity index is 3.37. The van der Waals surface area contributed by atoms with Gasteiger partial charge in [0.1, 0.15) is 5.75 Å². The normalized spacial score (nSPS) is 11.1. The molecule has 0 aliphatic carbocycles. The third kappa shape index (κ3) is 2.41. The molecular formula is C9H7F4NO2. The van der Waals surface area contributed by atoms with Gasteiger partial charge >= 0.3 is 6.18 Å². The molecular weight excluding hydrogens is 230 g/mol. The van der Waals surface area contributed by atoms with E-state index >= 15 is 0 Å². The Morgan fingerprint density at radius 3 is 2.44 bits per heavy atom. The van der Waals surface area contributed by atoms with Gasteiger partial charge in [-0.1, -0.05) is 0 Å². The van der Waals surface area contributed by atoms with Gasteiger partial charge in [0, 0.05) is 6.07 Å². The van der Waals surface area contributed by atoms with Gasteiger partial charge in [0.2, 0.25) is 6.41 Å². The lowest BCUT2D eigenvalue weighted by Crippen LogP contribution is -2.11. The second-order valence-electron chi connectivity index (χ2n) is 2.80. The van der Waals surface area contributed by atoms with E-state index in [0.29, 0.717) is 6.07 Å². The molecule has 0 spiro atoms. The first kappa shape index (κ1) is 12.3. The van der Waals surface area contributed by atoms with Crippen LogP contribution in [0.5, 0.6) is 5.75 Å². The number of methoxy groups -OCH3 is 1. The van der Waals surface area contributed by atoms with Crippen LogP contribution in [0.15, 0.2) is 12.1 Å². The van der Waals surface area contributed by atoms with Gasteiger partial charge in [-0.15, -0.1) is 0 Å². The maximum Gasteiger partial charge on any atom is 0.419 e. The van der Waals surface area contributed by atoms with Gasteiger partial charge in [-0.3, -0.25) is 4.79 Å². The fourth-order valence-corrected chi connectivity index (χ4v) is 1.09. The van der Waals surface area contributed by atoms with Crippen LogP contribution < -0.4 is 10.1 Å². The summed E-state index contributed by atoms with van der Waals surface area (Å²) in [4.78, 5) is 10.1. The largest absolute Gasteiger partial charge is 0.497 e. The SMILES string of the molecule is COc1cc(NC=O)c(F)c(C(F)(F)F)c1. The molecule has 0 aliphatic heterocycles. The van der Waals surface area contributed by atoms with E-state index in [0.717, 1.165) is 13.2 Å². The number of ether oxygens (including phenoxy) is 1. The summed E-state index contributed by atoms with van der Waals surface area (Å²) in [5.74, 6) is -1.74. The monoisotopic (exact) mass is 237 g/mol. The van der Waals surface area contributed by atoms with Gasteiger partial charge in [-0.25, -0.2) is 4.39 Å². The highest BCUT2D eigenvalue weighted by atomic mass is 19.4. The molecule has 0 radical (unpaired) electrons. The Hall–Kier alpha value is -1.79. The zero-order valence-corrected chi connectivity index (χ0v) is 8.06. The number of rotatable bonds is 3. The first-order chi connectivity index (χ1) is 7.40. The minimum Gasteiger partial charge on any atom is -0.497 e. The van der Waals surface area contributed by atoms with Crippen LogP contribution in [0.25, 0.3) is 0 Å². The number of hydrogen-bond acceptors (Lipinski definition) is 2. The smallest absolute Gasteiger partial charge is 0.419 e. The van der Waals surface area contributed by atoms with Crippen molar-refractivity contribution in [1.29, 1.82) is 0 Å². The fourth-order valence-electron chi connectivity index (χ4n) is 1.09. The van der Waals surface area contributed by atoms with Gasteiger partial charge in [-0.05, 0) is 6.07 Å². The molecule has 0 saturated carbocycles. The van der Waals surface area contributed by atoms with Crippen molar-refractivity contribution in [2.24, 2.45) is 0 Å². The molecule has 1 aromatic carbocycles. The molecule has 1 aromatic rings. The minimum atomic E-state index is -4.85. The number of amides is 1. The van der Waals surface area contributed by atoms with Crippen LogP contribution >= 0.6 is 0 Å². The van der Waals surface area contributed by atoms with Gasteiger partial charge in [0.25, 0.3) is 0 Å². The Morgan fingerprint density at radius 1 is 1.38 bits per heavy atom. The fraction of sp³-hybridized carbons (Fsp3) is 0.222. The maximum atomic E-state index is 13.3. The summed E-state index contributed by atoms with van der Waals surface area (Å²) < 4.78 is 55.0. The van der Waals surface area contributed by atoms with Gasteiger partial charge in [-0.2, -0.15) is 13.2 Å². The van der Waals surface area contributed by atoms with E-state index in [9.17, 15) is 22.4 Å². The van der Waals surface area contributed by atoms with E-state index in [1.807, 2.05) is 5.32 Å². The molecule has 1 rings (SSSR count). The zero-order valence-electron chi connectivity index (χ0n) is 8.06. The molecule has 0 heterocycles. The average molecular weight is 237 g/mol. The number of carbonyl (C=O) groups is 1. The molecule has 0 bridgehead atoms. The highest BCUT2D eigenvalue weighted by Crippen LogP contribution is 2.36. The molecule has 3 nitrogen and oxygen atoms in total. The van der Waals surface area contributed by atoms with E-state index in [1.165, 1.54) is 0 Å². The second-order valence-corrected chi connectivity index (χ2v) is 2.80. The number of benzene rings is 1. The van der Waals surface area contributed by atoms with Crippen LogP contribution in [0.4, 0.5) is 23.2 Å². The average Bonchev–Trinajstić information content (AvgIpc) is 2.19. The van der Waals surface area contributed by atoms with Gasteiger partial charge < -0.3 is 10.1 Å². The van der Waals surface area contributed by atoms with Crippen LogP contribution in [0.1, 0.15) is 5.56 Å². The summed E-state index contributed by atoms with van der Waals surface area (Å²) in [6.45, 7) is 0. The standard InChI is InChI=1S/C9H7F4NO2/c1-16-5-2-6(9(11,12)13)8(10)7(3-5)14-4-15/h2-4H,1H3,(H,14,15). The number of anilines is 1. The summed E-state index contributed by atoms with van der Waals surface area (Å²) in [6.07, 6.45) is -4.77. The third-order valence-corrected chi connectivity index (χ3v) is 1.80. The van der Waals surface area contributed by atoms with Crippen molar-refractivity contribution in [2.45, 2.75) is 6.18 Å². The van der Waals surface area contributed by atoms with Crippen molar-refractivity contribution in [2.75, 3.05) is 12.4 Å². The van der Waals surface area contributed by atoms with Gasteiger partial charge in [0.05, 0.1) is 18.4 Å². The number of halogens is 4. The number of carbonyl (C=O) groups excluding carboxylic acids is 1. The summed E-state index contributed by atoms with van der Waals surface area (Å²) in [7, 11) is 1.14. The van der Waals surface area contributed by atoms with E-state index in [-0.39, 0.29) is 12.2 Å². The lowest BCUT2D eigenvalue weighted by atomic mass is 10.1. The third-order valence-electron chi connectivity index (χ3n) is 1.80. The highest BCUT2D eigenvalue weighted by Gasteiger charge is 2.35. The molecule has 0 fully saturated rings. The molecule has 0 atom stereocenters. The molecule has 0 saturated heterocycles. The number of alkyl halides is 3. The Morgan fingerprint density at radius 2 is 2.00 bits per heavy atom. The lowest BCUT2D eigenvalue weighted by molar-refractivity contribution is -0.140. The molecule has 88 valence electrons. The van der Waals surface area contributed by atoms with E-state index < -0.39 is 23.2 Å². The molecule has 1 amide bonds. The molecule has 0 aliphatic rings. The van der Waals surface area contributed by atoms with Crippen LogP contribution in [-0.2, 0) is 11.0 Å². The van der Waals surface area contributed by atoms with Crippen LogP contribution in [0, 0.1) is 5.82 Å². The predicted octanol–water partition coefficient (Wildman–Crippen LogP) is 2.42. The summed E-state index contributed by atoms with van der Waals surface area (Å²) >= 11 is 0. The van der Waals surface area contributed by atoms with E-state index in [4.69, 9.17) is 0 Å². The van der Waals surface area contributed by atoms with Crippen molar-refractivity contribution < 1.29 is 27.1 Å². The van der Waals surface area contributed by atoms with Crippen molar-refractivity contribution in [1.82, 2.24) is 0 Å². The molecule has 0 unspecified atom stereocenters. The lowest BCUT2D eigenvalue weighted by Gasteiger charge is -2.12. The first-order valence-corrected chi connectivity index (χ1v) is 4.05. The van der Waals surface area contributed by atoms with Crippen LogP contribution in [-0.4, -0.2) is 13.5 Å². The van der Waals surface area contributed by atoms with Crippen LogP contribution in [0.3, 0.4) is 0 Å². The second kappa shape index (κ2) is 4.38. The van der Waals surface area contributed by atoms with Crippen molar-refractivity contribution in [3.63, 3.8) is 0 Å². The quantitative estimate of drug-likeness (QED) is 0.647. The van der Waals surface area contributed by atoms with E-state index in [1.54, 1.807) is 0 Å². The van der Waals surface area contributed by atoms with Gasteiger partial charge in [0.15, 0.2) is 5.82 Å². The summed E-state index contributed by atoms with van der Waals surface area (Å²) in [5, 5.41) is 1.83. The highest BCUT2D eigenvalue weighted by molar-refractivity contribution is 5.73. The van der Waals surface area contributed by atoms with Crippen molar-refractivity contribution in [3.8, 4) is 5.75 Å². The Kier molecular flexibility index (Phi) is 3.36. The molecule has 7 heteroatoms.